The van der Waals surface area contributed by atoms with Gasteiger partial charge in [-0.1, -0.05) is 25.7 Å². The molecule has 2 heterocycles. The molecule has 2 saturated carbocycles. The zero-order valence-corrected chi connectivity index (χ0v) is 13.3. The Morgan fingerprint density at radius 3 is 2.45 bits per heavy atom. The molecule has 1 aromatic rings. The van der Waals surface area contributed by atoms with E-state index in [2.05, 4.69) is 16.2 Å². The molecular weight excluding hydrogens is 264 g/mol. The van der Waals surface area contributed by atoms with Crippen molar-refractivity contribution in [2.75, 3.05) is 13.1 Å². The first-order valence-electron chi connectivity index (χ1n) is 8.62. The van der Waals surface area contributed by atoms with Crippen LogP contribution in [0.5, 0.6) is 0 Å². The van der Waals surface area contributed by atoms with E-state index in [9.17, 15) is 0 Å². The van der Waals surface area contributed by atoms with Crippen LogP contribution in [-0.2, 0) is 12.8 Å². The molecule has 3 heteroatoms. The van der Waals surface area contributed by atoms with E-state index in [0.717, 1.165) is 12.0 Å². The standard InChI is InChI=1S/C17H26N2S/c1-2-5-13(6-3-1)17-18-15-9-11-19(14-7-4-8-14)12-10-16(15)20-17/h13-14H,1-12H2. The van der Waals surface area contributed by atoms with Crippen molar-refractivity contribution < 1.29 is 0 Å². The van der Waals surface area contributed by atoms with Crippen LogP contribution in [0.25, 0.3) is 0 Å². The maximum absolute atomic E-state index is 5.06. The van der Waals surface area contributed by atoms with Gasteiger partial charge in [-0.2, -0.15) is 0 Å². The SMILES string of the molecule is C1CCC(c2nc3c(s2)CCN(C2CCC2)CC3)CC1. The second-order valence-corrected chi connectivity index (χ2v) is 7.99. The number of hydrogen-bond acceptors (Lipinski definition) is 3. The van der Waals surface area contributed by atoms with Crippen LogP contribution in [0.1, 0.15) is 72.9 Å². The predicted molar refractivity (Wildman–Crippen MR) is 84.6 cm³/mol. The Morgan fingerprint density at radius 1 is 0.900 bits per heavy atom. The fourth-order valence-electron chi connectivity index (χ4n) is 4.04. The Hall–Kier alpha value is -0.410. The molecule has 0 spiro atoms. The van der Waals surface area contributed by atoms with Gasteiger partial charge in [0.1, 0.15) is 0 Å². The van der Waals surface area contributed by atoms with Gasteiger partial charge >= 0.3 is 0 Å². The summed E-state index contributed by atoms with van der Waals surface area (Å²) in [4.78, 5) is 9.42. The molecule has 20 heavy (non-hydrogen) atoms. The minimum atomic E-state index is 0.795. The number of rotatable bonds is 2. The van der Waals surface area contributed by atoms with Gasteiger partial charge in [0.05, 0.1) is 10.7 Å². The molecule has 0 amide bonds. The van der Waals surface area contributed by atoms with Crippen LogP contribution >= 0.6 is 11.3 Å². The molecule has 3 aliphatic rings. The minimum absolute atomic E-state index is 0.795. The lowest BCUT2D eigenvalue weighted by molar-refractivity contribution is 0.133. The smallest absolute Gasteiger partial charge is 0.0962 e. The Labute approximate surface area is 126 Å². The Bertz CT molecular complexity index is 432. The summed E-state index contributed by atoms with van der Waals surface area (Å²) in [5, 5.41) is 1.48. The largest absolute Gasteiger partial charge is 0.300 e. The fraction of sp³-hybridized carbons (Fsp3) is 0.824. The van der Waals surface area contributed by atoms with Crippen LogP contribution in [0.2, 0.25) is 0 Å². The van der Waals surface area contributed by atoms with Gasteiger partial charge in [-0.05, 0) is 32.1 Å². The van der Waals surface area contributed by atoms with Gasteiger partial charge in [-0.15, -0.1) is 11.3 Å². The van der Waals surface area contributed by atoms with Crippen molar-refractivity contribution in [2.45, 2.75) is 76.2 Å². The first-order chi connectivity index (χ1) is 9.90. The Balaban J connectivity index is 1.45. The highest BCUT2D eigenvalue weighted by Gasteiger charge is 2.28. The molecule has 110 valence electrons. The lowest BCUT2D eigenvalue weighted by Crippen LogP contribution is -2.41. The van der Waals surface area contributed by atoms with Gasteiger partial charge in [-0.25, -0.2) is 4.98 Å². The van der Waals surface area contributed by atoms with Crippen molar-refractivity contribution in [1.82, 2.24) is 9.88 Å². The summed E-state index contributed by atoms with van der Waals surface area (Å²) in [7, 11) is 0. The molecule has 0 atom stereocenters. The van der Waals surface area contributed by atoms with Crippen molar-refractivity contribution in [3.63, 3.8) is 0 Å². The lowest BCUT2D eigenvalue weighted by Gasteiger charge is -2.36. The Morgan fingerprint density at radius 2 is 1.70 bits per heavy atom. The third kappa shape index (κ3) is 2.55. The van der Waals surface area contributed by atoms with Gasteiger partial charge in [0.25, 0.3) is 0 Å². The maximum Gasteiger partial charge on any atom is 0.0962 e. The number of nitrogens with zero attached hydrogens (tertiary/aromatic N) is 2. The fourth-order valence-corrected chi connectivity index (χ4v) is 5.31. The number of fused-ring (bicyclic) bond motifs is 1. The number of hydrogen-bond donors (Lipinski definition) is 0. The average molecular weight is 290 g/mol. The van der Waals surface area contributed by atoms with Crippen molar-refractivity contribution in [3.05, 3.63) is 15.6 Å². The first kappa shape index (κ1) is 13.3. The second-order valence-electron chi connectivity index (χ2n) is 6.88. The molecule has 0 bridgehead atoms. The predicted octanol–water partition coefficient (Wildman–Crippen LogP) is 4.14. The van der Waals surface area contributed by atoms with Crippen LogP contribution < -0.4 is 0 Å². The van der Waals surface area contributed by atoms with Gasteiger partial charge in [0, 0.05) is 36.3 Å². The monoisotopic (exact) mass is 290 g/mol. The van der Waals surface area contributed by atoms with Crippen LogP contribution in [0.15, 0.2) is 0 Å². The highest BCUT2D eigenvalue weighted by molar-refractivity contribution is 7.11. The third-order valence-corrected chi connectivity index (χ3v) is 6.92. The summed E-state index contributed by atoms with van der Waals surface area (Å²) in [5.41, 5.74) is 1.46. The topological polar surface area (TPSA) is 16.1 Å². The molecule has 2 fully saturated rings. The van der Waals surface area contributed by atoms with Crippen LogP contribution in [0, 0.1) is 0 Å². The molecule has 1 aliphatic heterocycles. The summed E-state index contributed by atoms with van der Waals surface area (Å²) in [6, 6.07) is 0.904. The second kappa shape index (κ2) is 5.76. The van der Waals surface area contributed by atoms with Gasteiger partial charge in [-0.3, -0.25) is 4.90 Å². The van der Waals surface area contributed by atoms with Crippen LogP contribution in [0.4, 0.5) is 0 Å². The van der Waals surface area contributed by atoms with Crippen molar-refractivity contribution >= 4 is 11.3 Å². The van der Waals surface area contributed by atoms with Crippen molar-refractivity contribution in [1.29, 1.82) is 0 Å². The minimum Gasteiger partial charge on any atom is -0.300 e. The number of thiazole rings is 1. The van der Waals surface area contributed by atoms with E-state index in [1.165, 1.54) is 88.0 Å². The molecule has 2 aliphatic carbocycles. The summed E-state index contributed by atoms with van der Waals surface area (Å²) in [6.45, 7) is 2.54. The lowest BCUT2D eigenvalue weighted by atomic mass is 9.90. The average Bonchev–Trinajstić information content (AvgIpc) is 2.75. The molecular formula is C17H26N2S. The van der Waals surface area contributed by atoms with E-state index in [0.29, 0.717) is 0 Å². The van der Waals surface area contributed by atoms with Crippen LogP contribution in [-0.4, -0.2) is 29.0 Å². The zero-order chi connectivity index (χ0) is 13.4. The van der Waals surface area contributed by atoms with E-state index < -0.39 is 0 Å². The van der Waals surface area contributed by atoms with E-state index in [-0.39, 0.29) is 0 Å². The molecule has 2 nitrogen and oxygen atoms in total. The summed E-state index contributed by atoms with van der Waals surface area (Å²) >= 11 is 2.06. The molecule has 0 N–H and O–H groups in total. The van der Waals surface area contributed by atoms with Gasteiger partial charge in [0.2, 0.25) is 0 Å². The molecule has 0 saturated heterocycles. The Kier molecular flexibility index (Phi) is 3.82. The first-order valence-corrected chi connectivity index (χ1v) is 9.44. The highest BCUT2D eigenvalue weighted by Crippen LogP contribution is 2.37. The summed E-state index contributed by atoms with van der Waals surface area (Å²) < 4.78 is 0. The van der Waals surface area contributed by atoms with E-state index in [1.54, 1.807) is 4.88 Å². The molecule has 0 unspecified atom stereocenters. The molecule has 0 aromatic carbocycles. The summed E-state index contributed by atoms with van der Waals surface area (Å²) in [6.07, 6.45) is 13.9. The normalized spacial score (nSPS) is 26.0. The third-order valence-electron chi connectivity index (χ3n) is 5.60. The maximum atomic E-state index is 5.06. The highest BCUT2D eigenvalue weighted by atomic mass is 32.1. The van der Waals surface area contributed by atoms with E-state index in [1.807, 2.05) is 0 Å². The quantitative estimate of drug-likeness (QED) is 0.813. The number of aromatic nitrogens is 1. The molecule has 4 rings (SSSR count). The van der Waals surface area contributed by atoms with Crippen molar-refractivity contribution in [3.8, 4) is 0 Å². The zero-order valence-electron chi connectivity index (χ0n) is 12.4. The summed E-state index contributed by atoms with van der Waals surface area (Å²) in [5.74, 6) is 0.795. The van der Waals surface area contributed by atoms with E-state index in [4.69, 9.17) is 4.98 Å². The molecule has 1 aromatic heterocycles. The van der Waals surface area contributed by atoms with Crippen molar-refractivity contribution in [2.24, 2.45) is 0 Å². The van der Waals surface area contributed by atoms with Gasteiger partial charge in [0.15, 0.2) is 0 Å². The van der Waals surface area contributed by atoms with Gasteiger partial charge < -0.3 is 0 Å². The van der Waals surface area contributed by atoms with E-state index >= 15 is 0 Å². The molecule has 0 radical (unpaired) electrons. The van der Waals surface area contributed by atoms with Crippen LogP contribution in [0.3, 0.4) is 0 Å².